The summed E-state index contributed by atoms with van der Waals surface area (Å²) in [5.74, 6) is -0.538. The van der Waals surface area contributed by atoms with Crippen LogP contribution in [0.25, 0.3) is 0 Å². The highest BCUT2D eigenvalue weighted by molar-refractivity contribution is 5.77. The molecule has 0 spiro atoms. The fourth-order valence-corrected chi connectivity index (χ4v) is 7.89. The van der Waals surface area contributed by atoms with E-state index in [2.05, 4.69) is 74.7 Å². The molecule has 0 aromatic rings. The third kappa shape index (κ3) is 44.2. The molecule has 0 saturated heterocycles. The van der Waals surface area contributed by atoms with Crippen molar-refractivity contribution in [3.8, 4) is 0 Å². The highest BCUT2D eigenvalue weighted by Gasteiger charge is 2.24. The van der Waals surface area contributed by atoms with Gasteiger partial charge in [-0.3, -0.25) is 9.59 Å². The summed E-state index contributed by atoms with van der Waals surface area (Å²) in [5, 5.41) is 23.8. The molecule has 0 aromatic carbocycles. The molecule has 62 heavy (non-hydrogen) atoms. The van der Waals surface area contributed by atoms with E-state index in [1.54, 1.807) is 0 Å². The fourth-order valence-electron chi connectivity index (χ4n) is 7.89. The van der Waals surface area contributed by atoms with E-state index >= 15 is 0 Å². The molecule has 0 aliphatic heterocycles. The predicted octanol–water partition coefficient (Wildman–Crippen LogP) is 16.0. The maximum atomic E-state index is 13.2. The van der Waals surface area contributed by atoms with Crippen LogP contribution in [0.3, 0.4) is 0 Å². The quantitative estimate of drug-likeness (QED) is 0.0322. The minimum atomic E-state index is -0.803. The lowest BCUT2D eigenvalue weighted by Crippen LogP contribution is -2.46. The van der Waals surface area contributed by atoms with E-state index in [1.807, 2.05) is 12.2 Å². The Morgan fingerprint density at radius 3 is 1.34 bits per heavy atom. The van der Waals surface area contributed by atoms with Gasteiger partial charge in [0.2, 0.25) is 5.91 Å². The van der Waals surface area contributed by atoms with Crippen LogP contribution in [0.15, 0.2) is 60.8 Å². The third-order valence-corrected chi connectivity index (χ3v) is 11.9. The molecule has 0 saturated carbocycles. The second kappa shape index (κ2) is 49.6. The Kier molecular flexibility index (Phi) is 47.6. The Morgan fingerprint density at radius 2 is 0.871 bits per heavy atom. The molecule has 0 fully saturated rings. The first-order valence-electron chi connectivity index (χ1n) is 26.6. The highest BCUT2D eigenvalue weighted by atomic mass is 16.5. The second-order valence-electron chi connectivity index (χ2n) is 18.0. The number of carbonyl (C=O) groups excluding carboxylic acids is 2. The molecule has 0 radical (unpaired) electrons. The number of rotatable bonds is 47. The van der Waals surface area contributed by atoms with Gasteiger partial charge in [-0.05, 0) is 70.6 Å². The minimum Gasteiger partial charge on any atom is -0.462 e. The zero-order valence-corrected chi connectivity index (χ0v) is 41.0. The molecule has 360 valence electrons. The second-order valence-corrected chi connectivity index (χ2v) is 18.0. The van der Waals surface area contributed by atoms with Crippen molar-refractivity contribution in [2.24, 2.45) is 0 Å². The Morgan fingerprint density at radius 1 is 0.484 bits per heavy atom. The maximum absolute atomic E-state index is 13.2. The van der Waals surface area contributed by atoms with Gasteiger partial charge in [-0.15, -0.1) is 0 Å². The average Bonchev–Trinajstić information content (AvgIpc) is 3.26. The molecule has 1 amide bonds. The van der Waals surface area contributed by atoms with Crippen molar-refractivity contribution in [3.63, 3.8) is 0 Å². The number of ether oxygens (including phenoxy) is 1. The Labute approximate surface area is 384 Å². The largest absolute Gasteiger partial charge is 0.462 e. The molecule has 0 heterocycles. The summed E-state index contributed by atoms with van der Waals surface area (Å²) in [5.41, 5.74) is 0. The standard InChI is InChI=1S/C56H101NO5/c1-4-7-10-13-16-19-22-24-26-28-30-33-36-39-42-45-48-54(59)53(51-58)57-55(60)50-52(47-44-41-38-35-32-21-18-15-12-9-6-3)62-56(61)49-46-43-40-37-34-31-29-27-25-23-20-17-14-11-8-5-2/h9,12,15,18,21,27,29,31-32,34,52-54,58-59H,4-8,10-11,13-14,16-17,19-20,22-26,28,30,33,35-51H2,1-3H3,(H,57,60)/b12-9+,18-15+,29-27+,32-21-,34-31+. The van der Waals surface area contributed by atoms with Crippen LogP contribution in [0, 0.1) is 0 Å². The van der Waals surface area contributed by atoms with Crippen LogP contribution in [0.1, 0.15) is 258 Å². The van der Waals surface area contributed by atoms with Crippen molar-refractivity contribution in [2.75, 3.05) is 6.61 Å². The fraction of sp³-hybridized carbons (Fsp3) is 0.786. The van der Waals surface area contributed by atoms with Crippen LogP contribution < -0.4 is 5.32 Å². The Balaban J connectivity index is 4.56. The number of allylic oxidation sites excluding steroid dienone is 10. The van der Waals surface area contributed by atoms with Crippen LogP contribution in [0.5, 0.6) is 0 Å². The maximum Gasteiger partial charge on any atom is 0.306 e. The zero-order valence-electron chi connectivity index (χ0n) is 41.0. The van der Waals surface area contributed by atoms with Crippen LogP contribution in [0.2, 0.25) is 0 Å². The molecular formula is C56H101NO5. The minimum absolute atomic E-state index is 0.0429. The number of unbranched alkanes of at least 4 members (excludes halogenated alkanes) is 28. The number of carbonyl (C=O) groups is 2. The number of nitrogens with one attached hydrogen (secondary N) is 1. The number of esters is 1. The van der Waals surface area contributed by atoms with E-state index in [0.717, 1.165) is 83.5 Å². The molecule has 6 nitrogen and oxygen atoms in total. The van der Waals surface area contributed by atoms with Gasteiger partial charge < -0.3 is 20.3 Å². The lowest BCUT2D eigenvalue weighted by Gasteiger charge is -2.24. The third-order valence-electron chi connectivity index (χ3n) is 11.9. The monoisotopic (exact) mass is 868 g/mol. The lowest BCUT2D eigenvalue weighted by molar-refractivity contribution is -0.151. The van der Waals surface area contributed by atoms with Crippen molar-refractivity contribution >= 4 is 11.9 Å². The zero-order chi connectivity index (χ0) is 45.2. The van der Waals surface area contributed by atoms with Crippen LogP contribution in [-0.2, 0) is 14.3 Å². The van der Waals surface area contributed by atoms with Crippen molar-refractivity contribution in [3.05, 3.63) is 60.8 Å². The normalized spacial score (nSPS) is 13.7. The number of aliphatic hydroxyl groups excluding tert-OH is 2. The van der Waals surface area contributed by atoms with E-state index in [4.69, 9.17) is 4.74 Å². The molecule has 3 unspecified atom stereocenters. The number of amides is 1. The molecule has 0 aliphatic rings. The van der Waals surface area contributed by atoms with E-state index < -0.39 is 18.2 Å². The molecule has 3 N–H and O–H groups in total. The predicted molar refractivity (Wildman–Crippen MR) is 268 cm³/mol. The van der Waals surface area contributed by atoms with Crippen molar-refractivity contribution in [1.82, 2.24) is 5.32 Å². The molecule has 0 bridgehead atoms. The van der Waals surface area contributed by atoms with E-state index in [-0.39, 0.29) is 24.9 Å². The summed E-state index contributed by atoms with van der Waals surface area (Å²) < 4.78 is 5.90. The van der Waals surface area contributed by atoms with Crippen LogP contribution in [-0.4, -0.2) is 46.9 Å². The first-order valence-corrected chi connectivity index (χ1v) is 26.6. The van der Waals surface area contributed by atoms with Gasteiger partial charge in [0.15, 0.2) is 0 Å². The Bertz CT molecular complexity index is 1110. The lowest BCUT2D eigenvalue weighted by atomic mass is 10.0. The molecule has 0 aromatic heterocycles. The summed E-state index contributed by atoms with van der Waals surface area (Å²) in [6.45, 7) is 6.34. The topological polar surface area (TPSA) is 95.9 Å². The van der Waals surface area contributed by atoms with Crippen LogP contribution >= 0.6 is 0 Å². The first kappa shape index (κ1) is 59.6. The van der Waals surface area contributed by atoms with Gasteiger partial charge in [-0.1, -0.05) is 236 Å². The van der Waals surface area contributed by atoms with Gasteiger partial charge in [0.05, 0.1) is 25.2 Å². The highest BCUT2D eigenvalue weighted by Crippen LogP contribution is 2.17. The van der Waals surface area contributed by atoms with E-state index in [1.165, 1.54) is 128 Å². The Hall–Kier alpha value is -2.44. The van der Waals surface area contributed by atoms with Crippen molar-refractivity contribution < 1.29 is 24.5 Å². The molecule has 0 rings (SSSR count). The van der Waals surface area contributed by atoms with E-state index in [0.29, 0.717) is 19.3 Å². The summed E-state index contributed by atoms with van der Waals surface area (Å²) in [6.07, 6.45) is 61.5. The van der Waals surface area contributed by atoms with Crippen molar-refractivity contribution in [2.45, 2.75) is 277 Å². The van der Waals surface area contributed by atoms with Gasteiger partial charge >= 0.3 is 5.97 Å². The summed E-state index contributed by atoms with van der Waals surface area (Å²) in [7, 11) is 0. The smallest absolute Gasteiger partial charge is 0.306 e. The van der Waals surface area contributed by atoms with Crippen molar-refractivity contribution in [1.29, 1.82) is 0 Å². The SMILES string of the molecule is CC/C=C/C=C/C=C\CCCCCC(CC(=O)NC(CO)C(O)CCCCCCCCCCCCCCCCCC)OC(=O)CCCCC/C=C/C=C/CCCCCCCCC. The van der Waals surface area contributed by atoms with Gasteiger partial charge in [0, 0.05) is 6.42 Å². The van der Waals surface area contributed by atoms with Gasteiger partial charge in [-0.2, -0.15) is 0 Å². The summed E-state index contributed by atoms with van der Waals surface area (Å²) in [6, 6.07) is -0.719. The first-order chi connectivity index (χ1) is 30.5. The number of hydrogen-bond donors (Lipinski definition) is 3. The molecule has 3 atom stereocenters. The van der Waals surface area contributed by atoms with E-state index in [9.17, 15) is 19.8 Å². The van der Waals surface area contributed by atoms with Gasteiger partial charge in [-0.25, -0.2) is 0 Å². The molecule has 6 heteroatoms. The average molecular weight is 868 g/mol. The van der Waals surface area contributed by atoms with Gasteiger partial charge in [0.1, 0.15) is 6.10 Å². The summed E-state index contributed by atoms with van der Waals surface area (Å²) >= 11 is 0. The van der Waals surface area contributed by atoms with Crippen LogP contribution in [0.4, 0.5) is 0 Å². The summed E-state index contributed by atoms with van der Waals surface area (Å²) in [4.78, 5) is 26.1. The molecule has 0 aliphatic carbocycles. The molecular weight excluding hydrogens is 767 g/mol. The number of aliphatic hydroxyl groups is 2. The number of hydrogen-bond acceptors (Lipinski definition) is 5. The van der Waals surface area contributed by atoms with Gasteiger partial charge in [0.25, 0.3) is 0 Å².